The normalized spacial score (nSPS) is 11.6. The Morgan fingerprint density at radius 2 is 1.68 bits per heavy atom. The van der Waals surface area contributed by atoms with E-state index in [1.807, 2.05) is 67.6 Å². The van der Waals surface area contributed by atoms with Gasteiger partial charge in [0.15, 0.2) is 0 Å². The van der Waals surface area contributed by atoms with Gasteiger partial charge in [0.2, 0.25) is 11.8 Å². The Bertz CT molecular complexity index is 1040. The fraction of sp³-hybridized carbons (Fsp3) is 0.167. The number of halogens is 2. The van der Waals surface area contributed by atoms with Crippen LogP contribution in [-0.4, -0.2) is 17.1 Å². The van der Waals surface area contributed by atoms with Crippen LogP contribution in [0.1, 0.15) is 18.9 Å². The molecular weight excluding hydrogens is 496 g/mol. The molecule has 31 heavy (non-hydrogen) atoms. The van der Waals surface area contributed by atoms with Crippen molar-refractivity contribution < 1.29 is 9.59 Å². The number of amides is 2. The van der Waals surface area contributed by atoms with Crippen LogP contribution in [0.3, 0.4) is 0 Å². The van der Waals surface area contributed by atoms with Crippen molar-refractivity contribution in [1.82, 2.24) is 0 Å². The van der Waals surface area contributed by atoms with Crippen molar-refractivity contribution in [2.75, 3.05) is 10.6 Å². The summed E-state index contributed by atoms with van der Waals surface area (Å²) in [6.45, 7) is 1.98. The summed E-state index contributed by atoms with van der Waals surface area (Å²) in [5, 5.41) is 6.28. The van der Waals surface area contributed by atoms with E-state index < -0.39 is 0 Å². The molecule has 1 unspecified atom stereocenters. The number of rotatable bonds is 8. The second kappa shape index (κ2) is 11.4. The molecule has 0 aliphatic heterocycles. The van der Waals surface area contributed by atoms with Gasteiger partial charge in [0.1, 0.15) is 0 Å². The molecule has 1 atom stereocenters. The summed E-state index contributed by atoms with van der Waals surface area (Å²) in [6.07, 6.45) is 0.946. The Labute approximate surface area is 199 Å². The maximum Gasteiger partial charge on any atom is 0.237 e. The number of thioether (sulfide) groups is 1. The Hall–Kier alpha value is -2.28. The van der Waals surface area contributed by atoms with Crippen LogP contribution in [0, 0.1) is 0 Å². The van der Waals surface area contributed by atoms with Crippen LogP contribution in [0.2, 0.25) is 5.02 Å². The SMILES string of the molecule is CCC(Sc1cccc(NC(=O)Cc2ccc(Cl)cc2)c1)C(=O)Nc1ccc(Br)cc1. The van der Waals surface area contributed by atoms with Crippen molar-refractivity contribution in [3.63, 3.8) is 0 Å². The lowest BCUT2D eigenvalue weighted by atomic mass is 10.1. The van der Waals surface area contributed by atoms with Gasteiger partial charge >= 0.3 is 0 Å². The third-order valence-electron chi connectivity index (χ3n) is 4.45. The molecule has 0 aliphatic carbocycles. The number of anilines is 2. The lowest BCUT2D eigenvalue weighted by molar-refractivity contribution is -0.116. The number of hydrogen-bond acceptors (Lipinski definition) is 3. The minimum Gasteiger partial charge on any atom is -0.326 e. The summed E-state index contributed by atoms with van der Waals surface area (Å²) in [4.78, 5) is 26.0. The zero-order valence-corrected chi connectivity index (χ0v) is 20.1. The summed E-state index contributed by atoms with van der Waals surface area (Å²) in [5.74, 6) is -0.156. The van der Waals surface area contributed by atoms with Gasteiger partial charge in [-0.1, -0.05) is 52.7 Å². The minimum absolute atomic E-state index is 0.0491. The Morgan fingerprint density at radius 3 is 2.35 bits per heavy atom. The molecule has 0 bridgehead atoms. The van der Waals surface area contributed by atoms with Gasteiger partial charge in [-0.3, -0.25) is 9.59 Å². The van der Waals surface area contributed by atoms with Gasteiger partial charge in [0.25, 0.3) is 0 Å². The van der Waals surface area contributed by atoms with Crippen LogP contribution in [0.25, 0.3) is 0 Å². The molecule has 0 aromatic heterocycles. The number of benzene rings is 3. The number of carbonyl (C=O) groups excluding carboxylic acids is 2. The standard InChI is InChI=1S/C24H22BrClN2O2S/c1-2-22(24(30)28-19-12-8-17(25)9-13-19)31-21-5-3-4-20(15-21)27-23(29)14-16-6-10-18(26)11-7-16/h3-13,15,22H,2,14H2,1H3,(H,27,29)(H,28,30). The van der Waals surface area contributed by atoms with Crippen molar-refractivity contribution in [3.05, 3.63) is 87.9 Å². The van der Waals surface area contributed by atoms with Crippen molar-refractivity contribution >= 4 is 62.5 Å². The van der Waals surface area contributed by atoms with Crippen molar-refractivity contribution in [1.29, 1.82) is 0 Å². The molecule has 0 heterocycles. The van der Waals surface area contributed by atoms with E-state index in [4.69, 9.17) is 11.6 Å². The topological polar surface area (TPSA) is 58.2 Å². The molecule has 0 saturated carbocycles. The summed E-state index contributed by atoms with van der Waals surface area (Å²) >= 11 is 10.8. The van der Waals surface area contributed by atoms with Crippen molar-refractivity contribution in [2.45, 2.75) is 29.9 Å². The first-order chi connectivity index (χ1) is 14.9. The third-order valence-corrected chi connectivity index (χ3v) is 6.59. The van der Waals surface area contributed by atoms with Gasteiger partial charge in [0.05, 0.1) is 11.7 Å². The quantitative estimate of drug-likeness (QED) is 0.323. The molecule has 3 aromatic carbocycles. The first-order valence-corrected chi connectivity index (χ1v) is 11.9. The fourth-order valence-corrected chi connectivity index (χ4v) is 4.29. The monoisotopic (exact) mass is 516 g/mol. The molecule has 3 rings (SSSR count). The molecule has 0 radical (unpaired) electrons. The fourth-order valence-electron chi connectivity index (χ4n) is 2.88. The average Bonchev–Trinajstić information content (AvgIpc) is 2.75. The summed E-state index contributed by atoms with van der Waals surface area (Å²) in [6, 6.07) is 22.2. The zero-order chi connectivity index (χ0) is 22.2. The summed E-state index contributed by atoms with van der Waals surface area (Å²) in [5.41, 5.74) is 2.35. The predicted molar refractivity (Wildman–Crippen MR) is 133 cm³/mol. The molecule has 0 spiro atoms. The summed E-state index contributed by atoms with van der Waals surface area (Å²) < 4.78 is 0.960. The van der Waals surface area contributed by atoms with E-state index in [-0.39, 0.29) is 23.5 Å². The Morgan fingerprint density at radius 1 is 0.968 bits per heavy atom. The summed E-state index contributed by atoms with van der Waals surface area (Å²) in [7, 11) is 0. The molecule has 2 N–H and O–H groups in total. The van der Waals surface area contributed by atoms with E-state index in [9.17, 15) is 9.59 Å². The first-order valence-electron chi connectivity index (χ1n) is 9.80. The second-order valence-electron chi connectivity index (χ2n) is 6.89. The minimum atomic E-state index is -0.247. The van der Waals surface area contributed by atoms with Gasteiger partial charge in [-0.2, -0.15) is 0 Å². The molecule has 160 valence electrons. The van der Waals surface area contributed by atoms with E-state index in [2.05, 4.69) is 26.6 Å². The number of nitrogens with one attached hydrogen (secondary N) is 2. The molecule has 4 nitrogen and oxygen atoms in total. The van der Waals surface area contributed by atoms with E-state index in [1.54, 1.807) is 12.1 Å². The highest BCUT2D eigenvalue weighted by Gasteiger charge is 2.18. The predicted octanol–water partition coefficient (Wildman–Crippen LogP) is 6.79. The average molecular weight is 518 g/mol. The molecule has 0 saturated heterocycles. The van der Waals surface area contributed by atoms with E-state index in [0.29, 0.717) is 17.1 Å². The smallest absolute Gasteiger partial charge is 0.237 e. The van der Waals surface area contributed by atoms with Gasteiger partial charge < -0.3 is 10.6 Å². The number of hydrogen-bond donors (Lipinski definition) is 2. The molecule has 0 aliphatic rings. The van der Waals surface area contributed by atoms with Crippen molar-refractivity contribution in [3.8, 4) is 0 Å². The highest BCUT2D eigenvalue weighted by molar-refractivity contribution is 9.10. The van der Waals surface area contributed by atoms with Crippen LogP contribution >= 0.6 is 39.3 Å². The van der Waals surface area contributed by atoms with E-state index in [0.717, 1.165) is 20.6 Å². The van der Waals surface area contributed by atoms with Gasteiger partial charge in [-0.05, 0) is 66.6 Å². The van der Waals surface area contributed by atoms with Crippen LogP contribution in [0.5, 0.6) is 0 Å². The number of carbonyl (C=O) groups is 2. The molecule has 3 aromatic rings. The van der Waals surface area contributed by atoms with Crippen LogP contribution in [-0.2, 0) is 16.0 Å². The maximum absolute atomic E-state index is 12.7. The van der Waals surface area contributed by atoms with Gasteiger partial charge in [-0.25, -0.2) is 0 Å². The second-order valence-corrected chi connectivity index (χ2v) is 9.52. The van der Waals surface area contributed by atoms with Gasteiger partial charge in [0, 0.05) is 25.8 Å². The van der Waals surface area contributed by atoms with Crippen LogP contribution in [0.4, 0.5) is 11.4 Å². The third kappa shape index (κ3) is 7.42. The first kappa shape index (κ1) is 23.4. The highest BCUT2D eigenvalue weighted by Crippen LogP contribution is 2.29. The molecule has 7 heteroatoms. The van der Waals surface area contributed by atoms with E-state index >= 15 is 0 Å². The Balaban J connectivity index is 1.60. The lowest BCUT2D eigenvalue weighted by Gasteiger charge is -2.15. The van der Waals surface area contributed by atoms with Gasteiger partial charge in [-0.15, -0.1) is 11.8 Å². The maximum atomic E-state index is 12.7. The molecule has 2 amide bonds. The van der Waals surface area contributed by atoms with Crippen LogP contribution < -0.4 is 10.6 Å². The largest absolute Gasteiger partial charge is 0.326 e. The molecule has 0 fully saturated rings. The lowest BCUT2D eigenvalue weighted by Crippen LogP contribution is -2.24. The van der Waals surface area contributed by atoms with Crippen molar-refractivity contribution in [2.24, 2.45) is 0 Å². The highest BCUT2D eigenvalue weighted by atomic mass is 79.9. The van der Waals surface area contributed by atoms with Crippen LogP contribution in [0.15, 0.2) is 82.2 Å². The zero-order valence-electron chi connectivity index (χ0n) is 16.9. The Kier molecular flexibility index (Phi) is 8.58. The van der Waals surface area contributed by atoms with E-state index in [1.165, 1.54) is 11.8 Å². The molecular formula is C24H22BrClN2O2S.